The van der Waals surface area contributed by atoms with Gasteiger partial charge in [0, 0.05) is 22.4 Å². The van der Waals surface area contributed by atoms with Crippen molar-refractivity contribution >= 4 is 34.1 Å². The van der Waals surface area contributed by atoms with Crippen LogP contribution in [0.15, 0.2) is 40.1 Å². The molecule has 0 radical (unpaired) electrons. The molecule has 142 valence electrons. The van der Waals surface area contributed by atoms with Gasteiger partial charge in [-0.2, -0.15) is 0 Å². The highest BCUT2D eigenvalue weighted by molar-refractivity contribution is 7.09. The van der Waals surface area contributed by atoms with Gasteiger partial charge in [0.15, 0.2) is 5.76 Å². The van der Waals surface area contributed by atoms with Crippen molar-refractivity contribution in [2.45, 2.75) is 20.4 Å². The lowest BCUT2D eigenvalue weighted by Crippen LogP contribution is -2.40. The molecule has 0 atom stereocenters. The zero-order valence-electron chi connectivity index (χ0n) is 15.6. The van der Waals surface area contributed by atoms with Gasteiger partial charge in [0.05, 0.1) is 20.2 Å². The maximum atomic E-state index is 12.9. The third-order valence-corrected chi connectivity index (χ3v) is 5.26. The van der Waals surface area contributed by atoms with Gasteiger partial charge >= 0.3 is 0 Å². The number of fused-ring (bicyclic) bond motifs is 1. The summed E-state index contributed by atoms with van der Waals surface area (Å²) in [5, 5.41) is 5.63. The Bertz CT molecular complexity index is 946. The molecular weight excluding hydrogens is 364 g/mol. The van der Waals surface area contributed by atoms with Gasteiger partial charge in [-0.3, -0.25) is 9.59 Å². The Labute approximate surface area is 161 Å². The van der Waals surface area contributed by atoms with E-state index in [1.54, 1.807) is 30.6 Å². The van der Waals surface area contributed by atoms with Crippen LogP contribution in [0.25, 0.3) is 11.0 Å². The molecule has 1 N–H and O–H groups in total. The number of rotatable bonds is 7. The third kappa shape index (κ3) is 4.14. The lowest BCUT2D eigenvalue weighted by molar-refractivity contribution is -0.121. The highest BCUT2D eigenvalue weighted by atomic mass is 32.1. The zero-order chi connectivity index (χ0) is 19.4. The van der Waals surface area contributed by atoms with E-state index < -0.39 is 0 Å². The van der Waals surface area contributed by atoms with E-state index in [2.05, 4.69) is 5.32 Å². The summed E-state index contributed by atoms with van der Waals surface area (Å²) >= 11 is 1.58. The number of benzene rings is 1. The summed E-state index contributed by atoms with van der Waals surface area (Å²) in [5.74, 6) is 0.460. The summed E-state index contributed by atoms with van der Waals surface area (Å²) in [7, 11) is 1.59. The molecule has 0 saturated carbocycles. The number of aryl methyl sites for hydroxylation is 1. The smallest absolute Gasteiger partial charge is 0.290 e. The minimum absolute atomic E-state index is 0.0134. The molecule has 27 heavy (non-hydrogen) atoms. The van der Waals surface area contributed by atoms with Crippen molar-refractivity contribution in [2.75, 3.05) is 20.2 Å². The summed E-state index contributed by atoms with van der Waals surface area (Å²) in [6.07, 6.45) is 0. The average molecular weight is 386 g/mol. The van der Waals surface area contributed by atoms with E-state index in [1.165, 1.54) is 4.90 Å². The summed E-state index contributed by atoms with van der Waals surface area (Å²) < 4.78 is 11.0. The normalized spacial score (nSPS) is 10.8. The number of carbonyl (C=O) groups is 2. The molecular formula is C20H22N2O4S. The van der Waals surface area contributed by atoms with Crippen LogP contribution in [0.1, 0.15) is 27.9 Å². The molecule has 6 nitrogen and oxygen atoms in total. The van der Waals surface area contributed by atoms with Crippen LogP contribution in [0.4, 0.5) is 0 Å². The number of hydrogen-bond acceptors (Lipinski definition) is 5. The largest absolute Gasteiger partial charge is 0.497 e. The number of ether oxygens (including phenoxy) is 1. The molecule has 0 aliphatic rings. The number of amides is 2. The van der Waals surface area contributed by atoms with Crippen molar-refractivity contribution in [3.05, 3.63) is 51.9 Å². The number of likely N-dealkylation sites (N-methyl/N-ethyl adjacent to an activating group) is 1. The van der Waals surface area contributed by atoms with E-state index in [0.717, 1.165) is 15.8 Å². The number of nitrogens with zero attached hydrogens (tertiary/aromatic N) is 1. The molecule has 2 aromatic heterocycles. The van der Waals surface area contributed by atoms with Gasteiger partial charge in [-0.15, -0.1) is 11.3 Å². The number of nitrogens with one attached hydrogen (secondary N) is 1. The van der Waals surface area contributed by atoms with Gasteiger partial charge in [0.25, 0.3) is 5.91 Å². The quantitative estimate of drug-likeness (QED) is 0.674. The number of thiophene rings is 1. The number of methoxy groups -OCH3 is 1. The molecule has 3 rings (SSSR count). The first-order valence-electron chi connectivity index (χ1n) is 8.69. The molecule has 0 bridgehead atoms. The van der Waals surface area contributed by atoms with E-state index in [4.69, 9.17) is 9.15 Å². The maximum absolute atomic E-state index is 12.9. The maximum Gasteiger partial charge on any atom is 0.290 e. The van der Waals surface area contributed by atoms with Crippen LogP contribution in [0.2, 0.25) is 0 Å². The Morgan fingerprint density at radius 2 is 2.11 bits per heavy atom. The van der Waals surface area contributed by atoms with Crippen LogP contribution in [0.3, 0.4) is 0 Å². The number of furan rings is 1. The summed E-state index contributed by atoms with van der Waals surface area (Å²) in [5.41, 5.74) is 1.36. The molecule has 0 saturated heterocycles. The van der Waals surface area contributed by atoms with E-state index in [9.17, 15) is 9.59 Å². The van der Waals surface area contributed by atoms with Gasteiger partial charge in [-0.1, -0.05) is 6.07 Å². The minimum atomic E-state index is -0.295. The van der Waals surface area contributed by atoms with Crippen molar-refractivity contribution < 1.29 is 18.7 Å². The standard InChI is InChI=1S/C20H22N2O4S/c1-4-22(12-18(23)21-11-15-6-5-9-27-15)20(24)19-13(2)16-10-14(25-3)7-8-17(16)26-19/h5-10H,4,11-12H2,1-3H3,(H,21,23). The van der Waals surface area contributed by atoms with Crippen LogP contribution < -0.4 is 10.1 Å². The van der Waals surface area contributed by atoms with Crippen LogP contribution in [0.5, 0.6) is 5.75 Å². The molecule has 0 aliphatic heterocycles. The summed E-state index contributed by atoms with van der Waals surface area (Å²) in [4.78, 5) is 27.7. The van der Waals surface area contributed by atoms with Crippen LogP contribution in [-0.4, -0.2) is 36.9 Å². The van der Waals surface area contributed by atoms with Gasteiger partial charge in [-0.25, -0.2) is 0 Å². The predicted molar refractivity (Wildman–Crippen MR) is 105 cm³/mol. The van der Waals surface area contributed by atoms with Crippen LogP contribution in [-0.2, 0) is 11.3 Å². The average Bonchev–Trinajstić information content (AvgIpc) is 3.31. The second-order valence-corrected chi connectivity index (χ2v) is 7.13. The van der Waals surface area contributed by atoms with Crippen molar-refractivity contribution in [1.29, 1.82) is 0 Å². The van der Waals surface area contributed by atoms with Crippen molar-refractivity contribution in [2.24, 2.45) is 0 Å². The van der Waals surface area contributed by atoms with Gasteiger partial charge in [-0.05, 0) is 43.5 Å². The van der Waals surface area contributed by atoms with E-state index in [1.807, 2.05) is 37.4 Å². The van der Waals surface area contributed by atoms with Gasteiger partial charge < -0.3 is 19.4 Å². The Balaban J connectivity index is 1.73. The van der Waals surface area contributed by atoms with Gasteiger partial charge in [0.2, 0.25) is 5.91 Å². The van der Waals surface area contributed by atoms with E-state index in [0.29, 0.717) is 24.4 Å². The summed E-state index contributed by atoms with van der Waals surface area (Å²) in [6, 6.07) is 9.30. The first kappa shape index (κ1) is 19.0. The van der Waals surface area contributed by atoms with E-state index in [-0.39, 0.29) is 24.1 Å². The molecule has 0 aliphatic carbocycles. The molecule has 1 aromatic carbocycles. The second-order valence-electron chi connectivity index (χ2n) is 6.09. The highest BCUT2D eigenvalue weighted by Crippen LogP contribution is 2.29. The first-order valence-corrected chi connectivity index (χ1v) is 9.57. The fourth-order valence-electron chi connectivity index (χ4n) is 2.83. The van der Waals surface area contributed by atoms with Gasteiger partial charge in [0.1, 0.15) is 11.3 Å². The fraction of sp³-hybridized carbons (Fsp3) is 0.300. The first-order chi connectivity index (χ1) is 13.0. The predicted octanol–water partition coefficient (Wildman–Crippen LogP) is 3.59. The zero-order valence-corrected chi connectivity index (χ0v) is 16.4. The molecule has 2 heterocycles. The minimum Gasteiger partial charge on any atom is -0.497 e. The molecule has 3 aromatic rings. The Kier molecular flexibility index (Phi) is 5.81. The van der Waals surface area contributed by atoms with Crippen molar-refractivity contribution in [3.8, 4) is 5.75 Å². The fourth-order valence-corrected chi connectivity index (χ4v) is 3.47. The number of carbonyl (C=O) groups excluding carboxylic acids is 2. The van der Waals surface area contributed by atoms with E-state index >= 15 is 0 Å². The second kappa shape index (κ2) is 8.26. The monoisotopic (exact) mass is 386 g/mol. The Hall–Kier alpha value is -2.80. The Morgan fingerprint density at radius 3 is 2.78 bits per heavy atom. The van der Waals surface area contributed by atoms with Crippen LogP contribution >= 0.6 is 11.3 Å². The third-order valence-electron chi connectivity index (χ3n) is 4.38. The van der Waals surface area contributed by atoms with Crippen LogP contribution in [0, 0.1) is 6.92 Å². The molecule has 0 fully saturated rings. The lowest BCUT2D eigenvalue weighted by Gasteiger charge is -2.19. The van der Waals surface area contributed by atoms with Crippen molar-refractivity contribution in [3.63, 3.8) is 0 Å². The molecule has 7 heteroatoms. The molecule has 2 amide bonds. The lowest BCUT2D eigenvalue weighted by atomic mass is 10.1. The Morgan fingerprint density at radius 1 is 1.30 bits per heavy atom. The van der Waals surface area contributed by atoms with Crippen molar-refractivity contribution in [1.82, 2.24) is 10.2 Å². The highest BCUT2D eigenvalue weighted by Gasteiger charge is 2.24. The topological polar surface area (TPSA) is 71.8 Å². The number of hydrogen-bond donors (Lipinski definition) is 1. The SMILES string of the molecule is CCN(CC(=O)NCc1cccs1)C(=O)c1oc2ccc(OC)cc2c1C. The molecule has 0 unspecified atom stereocenters. The molecule has 0 spiro atoms. The summed E-state index contributed by atoms with van der Waals surface area (Å²) in [6.45, 7) is 4.53.